The average Bonchev–Trinajstić information content (AvgIpc) is 2.35. The lowest BCUT2D eigenvalue weighted by Gasteiger charge is -2.09. The van der Waals surface area contributed by atoms with Crippen LogP contribution in [-0.2, 0) is 0 Å². The number of anilines is 1. The topological polar surface area (TPSA) is 42.0 Å². The molecule has 6 heteroatoms. The van der Waals surface area contributed by atoms with Crippen molar-refractivity contribution in [2.75, 3.05) is 5.32 Å². The molecule has 19 heavy (non-hydrogen) atoms. The van der Waals surface area contributed by atoms with Gasteiger partial charge in [0, 0.05) is 18.7 Å². The minimum Gasteiger partial charge on any atom is -0.306 e. The van der Waals surface area contributed by atoms with Gasteiger partial charge in [0.15, 0.2) is 0 Å². The first kappa shape index (κ1) is 14.9. The average molecular weight is 496 g/mol. The summed E-state index contributed by atoms with van der Waals surface area (Å²) in [7, 11) is 0. The molecule has 0 unspecified atom stereocenters. The number of hydrogen-bond donors (Lipinski definition) is 1. The first-order chi connectivity index (χ1) is 8.97. The number of hydrogen-bond acceptors (Lipinski definition) is 2. The van der Waals surface area contributed by atoms with Gasteiger partial charge in [-0.3, -0.25) is 4.79 Å². The van der Waals surface area contributed by atoms with E-state index in [2.05, 4.69) is 64.8 Å². The summed E-state index contributed by atoms with van der Waals surface area (Å²) in [5.41, 5.74) is 1.50. The van der Waals surface area contributed by atoms with E-state index in [-0.39, 0.29) is 5.91 Å². The third kappa shape index (κ3) is 3.76. The largest absolute Gasteiger partial charge is 0.306 e. The van der Waals surface area contributed by atoms with Gasteiger partial charge < -0.3 is 5.32 Å². The van der Waals surface area contributed by atoms with Crippen LogP contribution in [-0.4, -0.2) is 10.9 Å². The predicted molar refractivity (Wildman–Crippen MR) is 91.5 cm³/mol. The van der Waals surface area contributed by atoms with E-state index in [4.69, 9.17) is 0 Å². The van der Waals surface area contributed by atoms with Crippen molar-refractivity contribution < 1.29 is 4.79 Å². The second kappa shape index (κ2) is 6.32. The van der Waals surface area contributed by atoms with Crippen LogP contribution in [0.25, 0.3) is 0 Å². The van der Waals surface area contributed by atoms with Crippen LogP contribution < -0.4 is 5.32 Å². The highest BCUT2D eigenvalue weighted by Gasteiger charge is 2.12. The molecule has 0 aliphatic heterocycles. The molecule has 0 bridgehead atoms. The zero-order chi connectivity index (χ0) is 14.0. The molecular weight excluding hydrogens is 487 g/mol. The first-order valence-corrected chi connectivity index (χ1v) is 8.02. The van der Waals surface area contributed by atoms with E-state index in [1.807, 2.05) is 31.2 Å². The lowest BCUT2D eigenvalue weighted by Crippen LogP contribution is -2.14. The Bertz CT molecular complexity index is 647. The van der Waals surface area contributed by atoms with Crippen molar-refractivity contribution in [3.63, 3.8) is 0 Å². The predicted octanol–water partition coefficient (Wildman–Crippen LogP) is 4.77. The van der Waals surface area contributed by atoms with Crippen molar-refractivity contribution in [2.45, 2.75) is 6.92 Å². The van der Waals surface area contributed by atoms with Crippen molar-refractivity contribution in [1.82, 2.24) is 4.98 Å². The number of aryl methyl sites for hydroxylation is 1. The van der Waals surface area contributed by atoms with Crippen LogP contribution in [0, 0.1) is 10.5 Å². The van der Waals surface area contributed by atoms with Crippen LogP contribution in [0.5, 0.6) is 0 Å². The molecule has 1 aromatic heterocycles. The molecule has 0 radical (unpaired) electrons. The zero-order valence-electron chi connectivity index (χ0n) is 9.88. The van der Waals surface area contributed by atoms with Crippen LogP contribution in [0.4, 0.5) is 5.82 Å². The van der Waals surface area contributed by atoms with E-state index in [0.29, 0.717) is 11.4 Å². The standard InChI is InChI=1S/C13H9Br2IN2O/c1-7-4-8(14)6-17-12(7)18-13(19)10-5-9(16)2-3-11(10)15/h2-6H,1H3,(H,17,18,19). The van der Waals surface area contributed by atoms with E-state index < -0.39 is 0 Å². The van der Waals surface area contributed by atoms with E-state index in [1.165, 1.54) is 0 Å². The van der Waals surface area contributed by atoms with Crippen LogP contribution in [0.3, 0.4) is 0 Å². The molecule has 2 rings (SSSR count). The van der Waals surface area contributed by atoms with Gasteiger partial charge >= 0.3 is 0 Å². The van der Waals surface area contributed by atoms with Crippen LogP contribution in [0.15, 0.2) is 39.4 Å². The Morgan fingerprint density at radius 3 is 2.74 bits per heavy atom. The highest BCUT2D eigenvalue weighted by Crippen LogP contribution is 2.22. The maximum atomic E-state index is 12.2. The number of carbonyl (C=O) groups is 1. The van der Waals surface area contributed by atoms with Gasteiger partial charge in [0.1, 0.15) is 5.82 Å². The number of aromatic nitrogens is 1. The Hall–Kier alpha value is -0.470. The maximum absolute atomic E-state index is 12.2. The molecule has 3 nitrogen and oxygen atoms in total. The monoisotopic (exact) mass is 494 g/mol. The number of rotatable bonds is 2. The number of carbonyl (C=O) groups excluding carboxylic acids is 1. The molecule has 0 aliphatic rings. The van der Waals surface area contributed by atoms with E-state index in [9.17, 15) is 4.79 Å². The molecule has 0 fully saturated rings. The van der Waals surface area contributed by atoms with Crippen molar-refractivity contribution in [3.8, 4) is 0 Å². The second-order valence-electron chi connectivity index (χ2n) is 3.90. The van der Waals surface area contributed by atoms with Crippen molar-refractivity contribution in [3.05, 3.63) is 54.1 Å². The molecule has 98 valence electrons. The minimum absolute atomic E-state index is 0.177. The highest BCUT2D eigenvalue weighted by molar-refractivity contribution is 14.1. The SMILES string of the molecule is Cc1cc(Br)cnc1NC(=O)c1cc(I)ccc1Br. The van der Waals surface area contributed by atoms with Crippen molar-refractivity contribution >= 4 is 66.2 Å². The Kier molecular flexibility index (Phi) is 4.97. The molecule has 0 saturated carbocycles. The summed E-state index contributed by atoms with van der Waals surface area (Å²) < 4.78 is 2.66. The molecule has 1 N–H and O–H groups in total. The highest BCUT2D eigenvalue weighted by atomic mass is 127. The Balaban J connectivity index is 2.28. The smallest absolute Gasteiger partial charge is 0.258 e. The molecule has 0 spiro atoms. The molecule has 1 heterocycles. The summed E-state index contributed by atoms with van der Waals surface area (Å²) in [4.78, 5) is 16.4. The number of amides is 1. The summed E-state index contributed by atoms with van der Waals surface area (Å²) in [5, 5.41) is 2.82. The van der Waals surface area contributed by atoms with Gasteiger partial charge in [0.25, 0.3) is 5.91 Å². The Labute approximate surface area is 141 Å². The summed E-state index contributed by atoms with van der Waals surface area (Å²) >= 11 is 8.90. The summed E-state index contributed by atoms with van der Waals surface area (Å²) in [5.74, 6) is 0.391. The fourth-order valence-corrected chi connectivity index (χ4v) is 2.88. The molecule has 1 amide bonds. The third-order valence-electron chi connectivity index (χ3n) is 2.45. The molecule has 1 aromatic carbocycles. The van der Waals surface area contributed by atoms with Gasteiger partial charge in [-0.25, -0.2) is 4.98 Å². The van der Waals surface area contributed by atoms with E-state index in [1.54, 1.807) is 6.20 Å². The number of nitrogens with zero attached hydrogens (tertiary/aromatic N) is 1. The number of halogens is 3. The van der Waals surface area contributed by atoms with E-state index >= 15 is 0 Å². The first-order valence-electron chi connectivity index (χ1n) is 5.36. The molecule has 2 aromatic rings. The number of pyridine rings is 1. The van der Waals surface area contributed by atoms with Gasteiger partial charge in [0.2, 0.25) is 0 Å². The minimum atomic E-state index is -0.177. The molecular formula is C13H9Br2IN2O. The van der Waals surface area contributed by atoms with Gasteiger partial charge in [-0.2, -0.15) is 0 Å². The maximum Gasteiger partial charge on any atom is 0.258 e. The number of benzene rings is 1. The summed E-state index contributed by atoms with van der Waals surface area (Å²) in [6.45, 7) is 1.90. The Morgan fingerprint density at radius 1 is 1.32 bits per heavy atom. The lowest BCUT2D eigenvalue weighted by molar-refractivity contribution is 0.102. The summed E-state index contributed by atoms with van der Waals surface area (Å²) in [6, 6.07) is 7.53. The summed E-state index contributed by atoms with van der Waals surface area (Å²) in [6.07, 6.45) is 1.66. The van der Waals surface area contributed by atoms with Crippen molar-refractivity contribution in [1.29, 1.82) is 0 Å². The molecule has 0 aliphatic carbocycles. The Morgan fingerprint density at radius 2 is 2.05 bits per heavy atom. The number of nitrogens with one attached hydrogen (secondary N) is 1. The van der Waals surface area contributed by atoms with Gasteiger partial charge in [0.05, 0.1) is 5.56 Å². The van der Waals surface area contributed by atoms with Crippen molar-refractivity contribution in [2.24, 2.45) is 0 Å². The van der Waals surface area contributed by atoms with Gasteiger partial charge in [-0.15, -0.1) is 0 Å². The van der Waals surface area contributed by atoms with Gasteiger partial charge in [-0.1, -0.05) is 0 Å². The van der Waals surface area contributed by atoms with Gasteiger partial charge in [-0.05, 0) is 91.2 Å². The normalized spacial score (nSPS) is 10.3. The van der Waals surface area contributed by atoms with Crippen LogP contribution >= 0.6 is 54.5 Å². The lowest BCUT2D eigenvalue weighted by atomic mass is 10.2. The quantitative estimate of drug-likeness (QED) is 0.610. The fraction of sp³-hybridized carbons (Fsp3) is 0.0769. The fourth-order valence-electron chi connectivity index (χ4n) is 1.52. The zero-order valence-corrected chi connectivity index (χ0v) is 15.2. The third-order valence-corrected chi connectivity index (χ3v) is 4.25. The van der Waals surface area contributed by atoms with Crippen LogP contribution in [0.2, 0.25) is 0 Å². The van der Waals surface area contributed by atoms with E-state index in [0.717, 1.165) is 18.1 Å². The molecule has 0 atom stereocenters. The second-order valence-corrected chi connectivity index (χ2v) is 6.91. The molecule has 0 saturated heterocycles. The van der Waals surface area contributed by atoms with Crippen LogP contribution in [0.1, 0.15) is 15.9 Å².